The Labute approximate surface area is 101 Å². The minimum absolute atomic E-state index is 0.579. The number of anilines is 1. The maximum absolute atomic E-state index is 11.0. The summed E-state index contributed by atoms with van der Waals surface area (Å²) in [6.45, 7) is 4.03. The number of nitrogens with zero attached hydrogens (tertiary/aromatic N) is 2. The molecule has 2 N–H and O–H groups in total. The Morgan fingerprint density at radius 2 is 2.18 bits per heavy atom. The highest BCUT2D eigenvalue weighted by Crippen LogP contribution is 2.10. The third-order valence-electron chi connectivity index (χ3n) is 2.43. The lowest BCUT2D eigenvalue weighted by Gasteiger charge is -2.14. The van der Waals surface area contributed by atoms with E-state index in [1.807, 2.05) is 13.0 Å². The van der Waals surface area contributed by atoms with Gasteiger partial charge < -0.3 is 10.4 Å². The fourth-order valence-corrected chi connectivity index (χ4v) is 1.59. The van der Waals surface area contributed by atoms with Gasteiger partial charge >= 0.3 is 5.97 Å². The van der Waals surface area contributed by atoms with E-state index in [4.69, 9.17) is 5.11 Å². The molecule has 0 aromatic carbocycles. The van der Waals surface area contributed by atoms with Gasteiger partial charge in [-0.2, -0.15) is 0 Å². The topological polar surface area (TPSA) is 75.1 Å². The zero-order chi connectivity index (χ0) is 12.7. The molecule has 1 heterocycles. The molecule has 0 spiro atoms. The monoisotopic (exact) mass is 237 g/mol. The molecule has 1 rings (SSSR count). The predicted molar refractivity (Wildman–Crippen MR) is 66.0 cm³/mol. The molecule has 5 heteroatoms. The number of carbonyl (C=O) groups is 1. The van der Waals surface area contributed by atoms with E-state index in [1.165, 1.54) is 6.33 Å². The maximum Gasteiger partial charge on any atom is 0.326 e. The van der Waals surface area contributed by atoms with Crippen molar-refractivity contribution < 1.29 is 9.90 Å². The number of aryl methyl sites for hydroxylation is 1. The smallest absolute Gasteiger partial charge is 0.326 e. The van der Waals surface area contributed by atoms with Gasteiger partial charge in [-0.05, 0) is 12.8 Å². The van der Waals surface area contributed by atoms with Gasteiger partial charge in [0.05, 0.1) is 0 Å². The summed E-state index contributed by atoms with van der Waals surface area (Å²) in [6, 6.07) is 1.24. The Balaban J connectivity index is 2.71. The summed E-state index contributed by atoms with van der Waals surface area (Å²) in [6.07, 6.45) is 4.76. The van der Waals surface area contributed by atoms with Crippen LogP contribution in [-0.2, 0) is 11.2 Å². The van der Waals surface area contributed by atoms with E-state index in [1.54, 1.807) is 0 Å². The SMILES string of the molecule is CCCc1cc(NC(CCC)C(=O)O)ncn1. The number of rotatable bonds is 7. The molecular weight excluding hydrogens is 218 g/mol. The Morgan fingerprint density at radius 1 is 1.41 bits per heavy atom. The molecule has 17 heavy (non-hydrogen) atoms. The molecule has 0 amide bonds. The lowest BCUT2D eigenvalue weighted by molar-refractivity contribution is -0.138. The molecule has 0 saturated carbocycles. The summed E-state index contributed by atoms with van der Waals surface area (Å²) >= 11 is 0. The van der Waals surface area contributed by atoms with Gasteiger partial charge in [0, 0.05) is 11.8 Å². The van der Waals surface area contributed by atoms with Crippen molar-refractivity contribution in [2.24, 2.45) is 0 Å². The van der Waals surface area contributed by atoms with Crippen LogP contribution in [0.25, 0.3) is 0 Å². The van der Waals surface area contributed by atoms with E-state index < -0.39 is 12.0 Å². The minimum Gasteiger partial charge on any atom is -0.480 e. The Morgan fingerprint density at radius 3 is 2.76 bits per heavy atom. The van der Waals surface area contributed by atoms with Crippen LogP contribution in [0.3, 0.4) is 0 Å². The first-order valence-corrected chi connectivity index (χ1v) is 5.97. The normalized spacial score (nSPS) is 12.1. The van der Waals surface area contributed by atoms with Crippen LogP contribution >= 0.6 is 0 Å². The highest BCUT2D eigenvalue weighted by atomic mass is 16.4. The second-order valence-electron chi connectivity index (χ2n) is 3.97. The van der Waals surface area contributed by atoms with Gasteiger partial charge in [0.15, 0.2) is 0 Å². The van der Waals surface area contributed by atoms with Crippen LogP contribution in [0, 0.1) is 0 Å². The van der Waals surface area contributed by atoms with E-state index >= 15 is 0 Å². The van der Waals surface area contributed by atoms with Gasteiger partial charge in [-0.15, -0.1) is 0 Å². The molecule has 5 nitrogen and oxygen atoms in total. The third kappa shape index (κ3) is 4.38. The molecule has 1 aromatic heterocycles. The summed E-state index contributed by atoms with van der Waals surface area (Å²) in [5, 5.41) is 12.0. The number of nitrogens with one attached hydrogen (secondary N) is 1. The van der Waals surface area contributed by atoms with E-state index in [-0.39, 0.29) is 0 Å². The average Bonchev–Trinajstić information content (AvgIpc) is 2.29. The van der Waals surface area contributed by atoms with Crippen molar-refractivity contribution in [1.29, 1.82) is 0 Å². The van der Waals surface area contributed by atoms with Crippen LogP contribution in [0.15, 0.2) is 12.4 Å². The molecule has 94 valence electrons. The minimum atomic E-state index is -0.845. The largest absolute Gasteiger partial charge is 0.480 e. The van der Waals surface area contributed by atoms with Crippen LogP contribution < -0.4 is 5.32 Å². The van der Waals surface area contributed by atoms with Gasteiger partial charge in [-0.25, -0.2) is 14.8 Å². The predicted octanol–water partition coefficient (Wildman–Crippen LogP) is 2.09. The second kappa shape index (κ2) is 6.83. The number of carboxylic acid groups (broad SMARTS) is 1. The van der Waals surface area contributed by atoms with Gasteiger partial charge in [0.1, 0.15) is 18.2 Å². The van der Waals surface area contributed by atoms with Gasteiger partial charge in [0.2, 0.25) is 0 Å². The standard InChI is InChI=1S/C12H19N3O2/c1-3-5-9-7-11(14-8-13-9)15-10(6-4-2)12(16)17/h7-8,10H,3-6H2,1-2H3,(H,16,17)(H,13,14,15). The molecule has 1 aromatic rings. The molecule has 0 fully saturated rings. The third-order valence-corrected chi connectivity index (χ3v) is 2.43. The molecule has 0 radical (unpaired) electrons. The first-order valence-electron chi connectivity index (χ1n) is 5.97. The highest BCUT2D eigenvalue weighted by Gasteiger charge is 2.16. The second-order valence-corrected chi connectivity index (χ2v) is 3.97. The first-order chi connectivity index (χ1) is 8.17. The van der Waals surface area contributed by atoms with Crippen molar-refractivity contribution in [3.05, 3.63) is 18.1 Å². The fourth-order valence-electron chi connectivity index (χ4n) is 1.59. The molecule has 0 bridgehead atoms. The van der Waals surface area contributed by atoms with Crippen LogP contribution in [0.5, 0.6) is 0 Å². The van der Waals surface area contributed by atoms with E-state index in [2.05, 4.69) is 22.2 Å². The van der Waals surface area contributed by atoms with Gasteiger partial charge in [0.25, 0.3) is 0 Å². The molecule has 0 aliphatic rings. The van der Waals surface area contributed by atoms with Crippen molar-refractivity contribution in [3.63, 3.8) is 0 Å². The molecule has 0 aliphatic heterocycles. The van der Waals surface area contributed by atoms with Crippen LogP contribution in [-0.4, -0.2) is 27.1 Å². The molecule has 1 atom stereocenters. The van der Waals surface area contributed by atoms with Crippen molar-refractivity contribution >= 4 is 11.8 Å². The number of hydrogen-bond donors (Lipinski definition) is 2. The van der Waals surface area contributed by atoms with E-state index in [0.717, 1.165) is 25.0 Å². The van der Waals surface area contributed by atoms with Crippen molar-refractivity contribution in [2.75, 3.05) is 5.32 Å². The molecular formula is C12H19N3O2. The Hall–Kier alpha value is -1.65. The number of carboxylic acids is 1. The summed E-state index contributed by atoms with van der Waals surface area (Å²) in [5.74, 6) is -0.258. The number of hydrogen-bond acceptors (Lipinski definition) is 4. The van der Waals surface area contributed by atoms with Gasteiger partial charge in [-0.1, -0.05) is 26.7 Å². The zero-order valence-corrected chi connectivity index (χ0v) is 10.3. The van der Waals surface area contributed by atoms with E-state index in [0.29, 0.717) is 12.2 Å². The molecule has 1 unspecified atom stereocenters. The lowest BCUT2D eigenvalue weighted by Crippen LogP contribution is -2.29. The van der Waals surface area contributed by atoms with Crippen LogP contribution in [0.4, 0.5) is 5.82 Å². The summed E-state index contributed by atoms with van der Waals surface area (Å²) in [7, 11) is 0. The quantitative estimate of drug-likeness (QED) is 0.759. The summed E-state index contributed by atoms with van der Waals surface area (Å²) < 4.78 is 0. The van der Waals surface area contributed by atoms with Crippen molar-refractivity contribution in [3.8, 4) is 0 Å². The fraction of sp³-hybridized carbons (Fsp3) is 0.583. The van der Waals surface area contributed by atoms with Crippen molar-refractivity contribution in [1.82, 2.24) is 9.97 Å². The number of aliphatic carboxylic acids is 1. The highest BCUT2D eigenvalue weighted by molar-refractivity contribution is 5.76. The molecule has 0 aliphatic carbocycles. The van der Waals surface area contributed by atoms with Crippen molar-refractivity contribution in [2.45, 2.75) is 45.6 Å². The van der Waals surface area contributed by atoms with Crippen LogP contribution in [0.1, 0.15) is 38.8 Å². The first kappa shape index (κ1) is 13.4. The summed E-state index contributed by atoms with van der Waals surface area (Å²) in [5.41, 5.74) is 0.936. The Kier molecular flexibility index (Phi) is 5.39. The van der Waals surface area contributed by atoms with E-state index in [9.17, 15) is 4.79 Å². The maximum atomic E-state index is 11.0. The lowest BCUT2D eigenvalue weighted by atomic mass is 10.1. The Bertz CT molecular complexity index is 369. The van der Waals surface area contributed by atoms with Crippen LogP contribution in [0.2, 0.25) is 0 Å². The summed E-state index contributed by atoms with van der Waals surface area (Å²) in [4.78, 5) is 19.2. The molecule has 0 saturated heterocycles. The zero-order valence-electron chi connectivity index (χ0n) is 10.3. The average molecular weight is 237 g/mol. The number of aromatic nitrogens is 2. The van der Waals surface area contributed by atoms with Gasteiger partial charge in [-0.3, -0.25) is 0 Å².